The van der Waals surface area contributed by atoms with Gasteiger partial charge in [0, 0.05) is 12.1 Å². The van der Waals surface area contributed by atoms with Gasteiger partial charge in [0.05, 0.1) is 12.5 Å². The van der Waals surface area contributed by atoms with Gasteiger partial charge in [0.25, 0.3) is 0 Å². The first-order chi connectivity index (χ1) is 6.74. The molecule has 80 valence electrons. The van der Waals surface area contributed by atoms with Crippen LogP contribution in [-0.2, 0) is 9.53 Å². The van der Waals surface area contributed by atoms with E-state index in [2.05, 4.69) is 11.9 Å². The second kappa shape index (κ2) is 3.89. The summed E-state index contributed by atoms with van der Waals surface area (Å²) in [4.78, 5) is 14.1. The molecule has 3 atom stereocenters. The molecule has 3 nitrogen and oxygen atoms in total. The number of esters is 1. The van der Waals surface area contributed by atoms with Crippen LogP contribution < -0.4 is 0 Å². The Kier molecular flexibility index (Phi) is 2.77. The van der Waals surface area contributed by atoms with Gasteiger partial charge >= 0.3 is 5.97 Å². The standard InChI is InChI=1S/C11H19NO2/c1-3-14-11(13)9-6-4-8-5-7-10(9)12(8)2/h8-10H,3-7H2,1-2H3. The molecule has 3 heteroatoms. The van der Waals surface area contributed by atoms with Gasteiger partial charge in [-0.1, -0.05) is 0 Å². The second-order valence-corrected chi connectivity index (χ2v) is 4.40. The smallest absolute Gasteiger partial charge is 0.310 e. The lowest BCUT2D eigenvalue weighted by atomic mass is 9.91. The third-order valence-corrected chi connectivity index (χ3v) is 3.76. The maximum atomic E-state index is 11.7. The lowest BCUT2D eigenvalue weighted by Crippen LogP contribution is -2.45. The SMILES string of the molecule is CCOC(=O)C1CCC2CCC1N2C. The first-order valence-electron chi connectivity index (χ1n) is 5.62. The van der Waals surface area contributed by atoms with Gasteiger partial charge in [-0.3, -0.25) is 9.69 Å². The van der Waals surface area contributed by atoms with Gasteiger partial charge < -0.3 is 4.74 Å². The summed E-state index contributed by atoms with van der Waals surface area (Å²) in [7, 11) is 2.15. The molecule has 2 saturated heterocycles. The van der Waals surface area contributed by atoms with Crippen molar-refractivity contribution in [3.05, 3.63) is 0 Å². The van der Waals surface area contributed by atoms with Crippen molar-refractivity contribution < 1.29 is 9.53 Å². The van der Waals surface area contributed by atoms with E-state index in [0.717, 1.165) is 18.9 Å². The first kappa shape index (κ1) is 9.97. The van der Waals surface area contributed by atoms with E-state index in [1.807, 2.05) is 6.92 Å². The number of ether oxygens (including phenoxy) is 1. The summed E-state index contributed by atoms with van der Waals surface area (Å²) in [6.07, 6.45) is 4.62. The fourth-order valence-corrected chi connectivity index (χ4v) is 2.96. The minimum Gasteiger partial charge on any atom is -0.466 e. The summed E-state index contributed by atoms with van der Waals surface area (Å²) in [5, 5.41) is 0. The first-order valence-corrected chi connectivity index (χ1v) is 5.62. The normalized spacial score (nSPS) is 37.1. The molecule has 0 aromatic carbocycles. The van der Waals surface area contributed by atoms with Crippen LogP contribution in [0.4, 0.5) is 0 Å². The van der Waals surface area contributed by atoms with E-state index in [1.165, 1.54) is 12.8 Å². The zero-order valence-corrected chi connectivity index (χ0v) is 9.03. The molecule has 0 amide bonds. The Balaban J connectivity index is 2.02. The van der Waals surface area contributed by atoms with Gasteiger partial charge in [-0.25, -0.2) is 0 Å². The van der Waals surface area contributed by atoms with Crippen LogP contribution in [0, 0.1) is 5.92 Å². The topological polar surface area (TPSA) is 29.5 Å². The molecule has 0 N–H and O–H groups in total. The fraction of sp³-hybridized carbons (Fsp3) is 0.909. The Morgan fingerprint density at radius 1 is 1.36 bits per heavy atom. The Hall–Kier alpha value is -0.570. The summed E-state index contributed by atoms with van der Waals surface area (Å²) in [6.45, 7) is 2.39. The number of piperidine rings is 1. The summed E-state index contributed by atoms with van der Waals surface area (Å²) < 4.78 is 5.11. The number of carbonyl (C=O) groups excluding carboxylic acids is 1. The molecule has 2 aliphatic heterocycles. The summed E-state index contributed by atoms with van der Waals surface area (Å²) in [5.41, 5.74) is 0. The third-order valence-electron chi connectivity index (χ3n) is 3.76. The Morgan fingerprint density at radius 2 is 2.07 bits per heavy atom. The molecule has 2 fully saturated rings. The van der Waals surface area contributed by atoms with Crippen molar-refractivity contribution >= 4 is 5.97 Å². The van der Waals surface area contributed by atoms with Crippen LogP contribution in [0.1, 0.15) is 32.6 Å². The summed E-state index contributed by atoms with van der Waals surface area (Å²) >= 11 is 0. The van der Waals surface area contributed by atoms with Crippen LogP contribution >= 0.6 is 0 Å². The fourth-order valence-electron chi connectivity index (χ4n) is 2.96. The highest BCUT2D eigenvalue weighted by molar-refractivity contribution is 5.73. The van der Waals surface area contributed by atoms with Crippen molar-refractivity contribution in [2.45, 2.75) is 44.7 Å². The van der Waals surface area contributed by atoms with Gasteiger partial charge in [0.1, 0.15) is 0 Å². The predicted molar refractivity (Wildman–Crippen MR) is 53.9 cm³/mol. The number of hydrogen-bond donors (Lipinski definition) is 0. The Morgan fingerprint density at radius 3 is 2.79 bits per heavy atom. The average molecular weight is 197 g/mol. The van der Waals surface area contributed by atoms with Crippen LogP contribution in [-0.4, -0.2) is 36.6 Å². The summed E-state index contributed by atoms with van der Waals surface area (Å²) in [6, 6.07) is 1.18. The summed E-state index contributed by atoms with van der Waals surface area (Å²) in [5.74, 6) is 0.156. The Bertz CT molecular complexity index is 229. The number of nitrogens with zero attached hydrogens (tertiary/aromatic N) is 1. The van der Waals surface area contributed by atoms with Crippen molar-refractivity contribution in [3.8, 4) is 0 Å². The minimum atomic E-state index is 0.0182. The van der Waals surface area contributed by atoms with Gasteiger partial charge in [0.2, 0.25) is 0 Å². The van der Waals surface area contributed by atoms with Crippen molar-refractivity contribution in [2.24, 2.45) is 5.92 Å². The average Bonchev–Trinajstić information content (AvgIpc) is 2.42. The van der Waals surface area contributed by atoms with E-state index in [4.69, 9.17) is 4.74 Å². The van der Waals surface area contributed by atoms with Crippen molar-refractivity contribution in [3.63, 3.8) is 0 Å². The highest BCUT2D eigenvalue weighted by atomic mass is 16.5. The van der Waals surface area contributed by atoms with E-state index in [0.29, 0.717) is 12.6 Å². The number of carbonyl (C=O) groups is 1. The molecule has 2 bridgehead atoms. The molecular weight excluding hydrogens is 178 g/mol. The molecule has 2 aliphatic rings. The van der Waals surface area contributed by atoms with Crippen molar-refractivity contribution in [1.82, 2.24) is 4.90 Å². The quantitative estimate of drug-likeness (QED) is 0.627. The monoisotopic (exact) mass is 197 g/mol. The number of rotatable bonds is 2. The molecule has 2 rings (SSSR count). The Labute approximate surface area is 85.4 Å². The van der Waals surface area contributed by atoms with Gasteiger partial charge in [-0.05, 0) is 39.7 Å². The van der Waals surface area contributed by atoms with E-state index in [-0.39, 0.29) is 11.9 Å². The zero-order valence-electron chi connectivity index (χ0n) is 9.03. The van der Waals surface area contributed by atoms with E-state index >= 15 is 0 Å². The molecule has 0 radical (unpaired) electrons. The van der Waals surface area contributed by atoms with Crippen molar-refractivity contribution in [2.75, 3.05) is 13.7 Å². The minimum absolute atomic E-state index is 0.0182. The predicted octanol–water partition coefficient (Wildman–Crippen LogP) is 1.42. The largest absolute Gasteiger partial charge is 0.466 e. The van der Waals surface area contributed by atoms with E-state index in [9.17, 15) is 4.79 Å². The molecule has 14 heavy (non-hydrogen) atoms. The van der Waals surface area contributed by atoms with Gasteiger partial charge in [0.15, 0.2) is 0 Å². The molecule has 0 saturated carbocycles. The zero-order chi connectivity index (χ0) is 10.1. The number of fused-ring (bicyclic) bond motifs is 2. The van der Waals surface area contributed by atoms with Gasteiger partial charge in [-0.2, -0.15) is 0 Å². The maximum Gasteiger partial charge on any atom is 0.310 e. The van der Waals surface area contributed by atoms with E-state index < -0.39 is 0 Å². The maximum absolute atomic E-state index is 11.7. The van der Waals surface area contributed by atoms with Crippen LogP contribution in [0.3, 0.4) is 0 Å². The number of hydrogen-bond acceptors (Lipinski definition) is 3. The molecule has 3 unspecified atom stereocenters. The lowest BCUT2D eigenvalue weighted by Gasteiger charge is -2.36. The molecule has 0 aliphatic carbocycles. The van der Waals surface area contributed by atoms with Crippen LogP contribution in [0.15, 0.2) is 0 Å². The molecule has 0 spiro atoms. The van der Waals surface area contributed by atoms with E-state index in [1.54, 1.807) is 0 Å². The molecule has 0 aromatic rings. The van der Waals surface area contributed by atoms with Crippen LogP contribution in [0.5, 0.6) is 0 Å². The molecular formula is C11H19NO2. The van der Waals surface area contributed by atoms with Crippen LogP contribution in [0.25, 0.3) is 0 Å². The van der Waals surface area contributed by atoms with Crippen LogP contribution in [0.2, 0.25) is 0 Å². The van der Waals surface area contributed by atoms with Gasteiger partial charge in [-0.15, -0.1) is 0 Å². The third kappa shape index (κ3) is 1.54. The highest BCUT2D eigenvalue weighted by Crippen LogP contribution is 2.38. The molecule has 2 heterocycles. The van der Waals surface area contributed by atoms with Crippen molar-refractivity contribution in [1.29, 1.82) is 0 Å². The highest BCUT2D eigenvalue weighted by Gasteiger charge is 2.43. The second-order valence-electron chi connectivity index (χ2n) is 4.40. The molecule has 0 aromatic heterocycles. The lowest BCUT2D eigenvalue weighted by molar-refractivity contribution is -0.151.